The van der Waals surface area contributed by atoms with E-state index in [-0.39, 0.29) is 18.9 Å². The van der Waals surface area contributed by atoms with Crippen molar-refractivity contribution in [3.8, 4) is 0 Å². The van der Waals surface area contributed by atoms with Crippen LogP contribution in [0.4, 0.5) is 5.69 Å². The molecule has 2 aromatic rings. The molecule has 8 nitrogen and oxygen atoms in total. The van der Waals surface area contributed by atoms with Gasteiger partial charge in [0, 0.05) is 12.8 Å². The summed E-state index contributed by atoms with van der Waals surface area (Å²) in [6.45, 7) is 3.75. The van der Waals surface area contributed by atoms with Crippen LogP contribution in [0.5, 0.6) is 0 Å². The third-order valence-electron chi connectivity index (χ3n) is 3.67. The molecule has 1 amide bonds. The zero-order valence-corrected chi connectivity index (χ0v) is 15.7. The van der Waals surface area contributed by atoms with Gasteiger partial charge in [-0.2, -0.15) is 0 Å². The summed E-state index contributed by atoms with van der Waals surface area (Å²) in [5, 5.41) is 4.34. The van der Waals surface area contributed by atoms with Gasteiger partial charge in [0.1, 0.15) is 17.2 Å². The third-order valence-corrected chi connectivity index (χ3v) is 4.57. The fourth-order valence-corrected chi connectivity index (χ4v) is 3.18. The van der Waals surface area contributed by atoms with Crippen molar-refractivity contribution >= 4 is 34.9 Å². The van der Waals surface area contributed by atoms with E-state index in [9.17, 15) is 14.4 Å². The van der Waals surface area contributed by atoms with Crippen LogP contribution in [0.15, 0.2) is 11.4 Å². The molecule has 0 unspecified atom stereocenters. The van der Waals surface area contributed by atoms with Crippen LogP contribution in [0.3, 0.4) is 0 Å². The zero-order valence-electron chi connectivity index (χ0n) is 14.9. The number of H-pyrrole nitrogens is 1. The number of aromatic amines is 1. The maximum atomic E-state index is 12.6. The van der Waals surface area contributed by atoms with Crippen molar-refractivity contribution in [2.24, 2.45) is 0 Å². The molecule has 2 heterocycles. The van der Waals surface area contributed by atoms with Crippen molar-refractivity contribution in [3.05, 3.63) is 38.8 Å². The third kappa shape index (κ3) is 4.12. The van der Waals surface area contributed by atoms with Gasteiger partial charge >= 0.3 is 11.9 Å². The molecule has 0 aliphatic rings. The number of nitrogens with one attached hydrogen (secondary N) is 2. The van der Waals surface area contributed by atoms with E-state index in [1.54, 1.807) is 25.3 Å². The minimum absolute atomic E-state index is 0.123. The highest BCUT2D eigenvalue weighted by Crippen LogP contribution is 2.25. The smallest absolute Gasteiger partial charge is 0.350 e. The lowest BCUT2D eigenvalue weighted by Gasteiger charge is -2.06. The van der Waals surface area contributed by atoms with Gasteiger partial charge in [0.25, 0.3) is 5.91 Å². The molecule has 0 radical (unpaired) electrons. The van der Waals surface area contributed by atoms with Crippen molar-refractivity contribution in [2.45, 2.75) is 13.8 Å². The first kappa shape index (κ1) is 19.7. The topological polar surface area (TPSA) is 107 Å². The van der Waals surface area contributed by atoms with Crippen LogP contribution in [0.1, 0.15) is 41.8 Å². The lowest BCUT2D eigenvalue weighted by atomic mass is 10.1. The number of thiophene rings is 1. The highest BCUT2D eigenvalue weighted by Gasteiger charge is 2.24. The molecular weight excluding hydrogens is 360 g/mol. The number of hydrogen-bond acceptors (Lipinski definition) is 7. The van der Waals surface area contributed by atoms with Crippen LogP contribution < -0.4 is 5.32 Å². The van der Waals surface area contributed by atoms with E-state index in [2.05, 4.69) is 15.0 Å². The fraction of sp³-hybridized carbons (Fsp3) is 0.353. The molecule has 2 rings (SSSR count). The molecule has 0 saturated heterocycles. The predicted molar refractivity (Wildman–Crippen MR) is 96.0 cm³/mol. The van der Waals surface area contributed by atoms with Crippen molar-refractivity contribution in [1.29, 1.82) is 0 Å². The van der Waals surface area contributed by atoms with Gasteiger partial charge in [-0.3, -0.25) is 4.79 Å². The monoisotopic (exact) mass is 380 g/mol. The first-order valence-corrected chi connectivity index (χ1v) is 8.61. The van der Waals surface area contributed by atoms with Gasteiger partial charge in [-0.15, -0.1) is 11.3 Å². The second kappa shape index (κ2) is 8.63. The van der Waals surface area contributed by atoms with Gasteiger partial charge in [-0.25, -0.2) is 9.59 Å². The Morgan fingerprint density at radius 2 is 1.88 bits per heavy atom. The van der Waals surface area contributed by atoms with Gasteiger partial charge in [0.15, 0.2) is 0 Å². The van der Waals surface area contributed by atoms with Crippen molar-refractivity contribution in [3.63, 3.8) is 0 Å². The molecule has 2 aromatic heterocycles. The maximum Gasteiger partial charge on any atom is 0.350 e. The summed E-state index contributed by atoms with van der Waals surface area (Å²) in [4.78, 5) is 39.7. The van der Waals surface area contributed by atoms with E-state index in [1.807, 2.05) is 0 Å². The first-order valence-electron chi connectivity index (χ1n) is 7.73. The fourth-order valence-electron chi connectivity index (χ4n) is 2.42. The van der Waals surface area contributed by atoms with Gasteiger partial charge in [0.2, 0.25) is 0 Å². The summed E-state index contributed by atoms with van der Waals surface area (Å²) in [6.07, 6.45) is 0. The predicted octanol–water partition coefficient (Wildman–Crippen LogP) is 2.54. The van der Waals surface area contributed by atoms with Crippen molar-refractivity contribution < 1.29 is 28.6 Å². The molecule has 26 heavy (non-hydrogen) atoms. The Hall–Kier alpha value is -2.65. The van der Waals surface area contributed by atoms with Crippen LogP contribution in [0.25, 0.3) is 0 Å². The maximum absolute atomic E-state index is 12.6. The van der Waals surface area contributed by atoms with Gasteiger partial charge < -0.3 is 24.5 Å². The van der Waals surface area contributed by atoms with Crippen LogP contribution in [-0.4, -0.2) is 50.3 Å². The number of hydrogen-bond donors (Lipinski definition) is 2. The quantitative estimate of drug-likeness (QED) is 0.565. The second-order valence-corrected chi connectivity index (χ2v) is 6.28. The Morgan fingerprint density at radius 3 is 2.54 bits per heavy atom. The molecule has 0 spiro atoms. The summed E-state index contributed by atoms with van der Waals surface area (Å²) in [5.41, 5.74) is 1.88. The Morgan fingerprint density at radius 1 is 1.15 bits per heavy atom. The molecule has 0 bridgehead atoms. The van der Waals surface area contributed by atoms with E-state index in [0.717, 1.165) is 11.3 Å². The number of amides is 1. The lowest BCUT2D eigenvalue weighted by molar-refractivity contribution is 0.0386. The minimum atomic E-state index is -0.530. The normalized spacial score (nSPS) is 10.5. The van der Waals surface area contributed by atoms with E-state index in [0.29, 0.717) is 27.4 Å². The number of esters is 2. The largest absolute Gasteiger partial charge is 0.465 e. The van der Waals surface area contributed by atoms with Crippen molar-refractivity contribution in [1.82, 2.24) is 4.98 Å². The summed E-state index contributed by atoms with van der Waals surface area (Å²) in [7, 11) is 2.78. The number of rotatable bonds is 7. The average molecular weight is 380 g/mol. The SMILES string of the molecule is COCCOC(=O)c1c(C)[nH]c(C(=O)Nc2ccsc2C(=O)OC)c1C. The molecule has 0 aromatic carbocycles. The van der Waals surface area contributed by atoms with Gasteiger partial charge in [-0.05, 0) is 30.9 Å². The van der Waals surface area contributed by atoms with Crippen LogP contribution in [0.2, 0.25) is 0 Å². The van der Waals surface area contributed by atoms with Crippen LogP contribution in [0, 0.1) is 13.8 Å². The molecule has 0 atom stereocenters. The van der Waals surface area contributed by atoms with Crippen molar-refractivity contribution in [2.75, 3.05) is 32.8 Å². The number of anilines is 1. The highest BCUT2D eigenvalue weighted by molar-refractivity contribution is 7.12. The molecule has 0 fully saturated rings. The highest BCUT2D eigenvalue weighted by atomic mass is 32.1. The lowest BCUT2D eigenvalue weighted by Crippen LogP contribution is -2.16. The number of carbonyl (C=O) groups excluding carboxylic acids is 3. The number of methoxy groups -OCH3 is 2. The standard InChI is InChI=1S/C17H20N2O6S/c1-9-12(16(21)25-7-6-23-3)10(2)18-13(9)15(20)19-11-5-8-26-14(11)17(22)24-4/h5,8,18H,6-7H2,1-4H3,(H,19,20). The van der Waals surface area contributed by atoms with E-state index in [4.69, 9.17) is 9.47 Å². The van der Waals surface area contributed by atoms with Gasteiger partial charge in [-0.1, -0.05) is 0 Å². The van der Waals surface area contributed by atoms with E-state index >= 15 is 0 Å². The number of ether oxygens (including phenoxy) is 3. The molecule has 9 heteroatoms. The second-order valence-electron chi connectivity index (χ2n) is 5.36. The average Bonchev–Trinajstić information content (AvgIpc) is 3.18. The van der Waals surface area contributed by atoms with Crippen LogP contribution >= 0.6 is 11.3 Å². The van der Waals surface area contributed by atoms with Gasteiger partial charge in [0.05, 0.1) is 25.0 Å². The zero-order chi connectivity index (χ0) is 19.3. The molecule has 0 saturated carbocycles. The molecule has 2 N–H and O–H groups in total. The molecule has 0 aliphatic carbocycles. The number of aryl methyl sites for hydroxylation is 1. The summed E-state index contributed by atoms with van der Waals surface area (Å²) < 4.78 is 14.7. The summed E-state index contributed by atoms with van der Waals surface area (Å²) in [5.74, 6) is -1.53. The summed E-state index contributed by atoms with van der Waals surface area (Å²) >= 11 is 1.16. The number of carbonyl (C=O) groups is 3. The van der Waals surface area contributed by atoms with E-state index in [1.165, 1.54) is 14.2 Å². The molecular formula is C17H20N2O6S. The Bertz CT molecular complexity index is 823. The first-order chi connectivity index (χ1) is 12.4. The molecule has 0 aliphatic heterocycles. The Balaban J connectivity index is 2.20. The van der Waals surface area contributed by atoms with E-state index < -0.39 is 17.8 Å². The molecule has 140 valence electrons. The summed E-state index contributed by atoms with van der Waals surface area (Å²) in [6, 6.07) is 1.61. The number of aromatic nitrogens is 1. The Labute approximate surface area is 154 Å². The van der Waals surface area contributed by atoms with Crippen LogP contribution in [-0.2, 0) is 14.2 Å². The Kier molecular flexibility index (Phi) is 6.53. The minimum Gasteiger partial charge on any atom is -0.465 e.